The molecule has 1 atom stereocenters. The number of benzene rings is 2. The fourth-order valence-corrected chi connectivity index (χ4v) is 4.69. The van der Waals surface area contributed by atoms with Crippen LogP contribution in [0.3, 0.4) is 0 Å². The van der Waals surface area contributed by atoms with Crippen molar-refractivity contribution in [1.82, 2.24) is 5.01 Å². The van der Waals surface area contributed by atoms with E-state index in [1.165, 1.54) is 18.4 Å². The summed E-state index contributed by atoms with van der Waals surface area (Å²) in [6.45, 7) is 0. The van der Waals surface area contributed by atoms with Crippen molar-refractivity contribution in [3.8, 4) is 17.2 Å². The van der Waals surface area contributed by atoms with Gasteiger partial charge < -0.3 is 14.2 Å². The summed E-state index contributed by atoms with van der Waals surface area (Å²) in [5.74, 6) is 2.59. The minimum Gasteiger partial charge on any atom is -0.497 e. The lowest BCUT2D eigenvalue weighted by molar-refractivity contribution is -0.114. The normalized spacial score (nSPS) is 22.1. The van der Waals surface area contributed by atoms with Crippen molar-refractivity contribution in [2.24, 2.45) is 5.10 Å². The summed E-state index contributed by atoms with van der Waals surface area (Å²) in [6, 6.07) is 14.5. The maximum atomic E-state index is 6.54. The Morgan fingerprint density at radius 1 is 1.07 bits per heavy atom. The molecule has 2 heterocycles. The van der Waals surface area contributed by atoms with E-state index in [0.717, 1.165) is 47.8 Å². The predicted octanol–water partition coefficient (Wildman–Crippen LogP) is 4.52. The lowest BCUT2D eigenvalue weighted by Crippen LogP contribution is -2.51. The van der Waals surface area contributed by atoms with Crippen molar-refractivity contribution in [2.45, 2.75) is 43.9 Å². The first-order valence-corrected chi connectivity index (χ1v) is 9.61. The van der Waals surface area contributed by atoms with Crippen LogP contribution >= 0.6 is 0 Å². The Morgan fingerprint density at radius 2 is 1.89 bits per heavy atom. The number of fused-ring (bicyclic) bond motifs is 4. The molecule has 2 aromatic rings. The van der Waals surface area contributed by atoms with Crippen LogP contribution in [0.15, 0.2) is 47.6 Å². The summed E-state index contributed by atoms with van der Waals surface area (Å²) in [5.41, 5.74) is 2.99. The molecule has 0 radical (unpaired) electrons. The zero-order valence-electron chi connectivity index (χ0n) is 15.8. The summed E-state index contributed by atoms with van der Waals surface area (Å²) >= 11 is 0. The summed E-state index contributed by atoms with van der Waals surface area (Å²) in [7, 11) is 3.36. The van der Waals surface area contributed by atoms with Crippen molar-refractivity contribution >= 4 is 5.71 Å². The topological polar surface area (TPSA) is 43.3 Å². The van der Waals surface area contributed by atoms with E-state index < -0.39 is 0 Å². The summed E-state index contributed by atoms with van der Waals surface area (Å²) in [4.78, 5) is 0. The molecule has 0 N–H and O–H groups in total. The van der Waals surface area contributed by atoms with Crippen molar-refractivity contribution < 1.29 is 14.2 Å². The second-order valence-corrected chi connectivity index (χ2v) is 7.47. The van der Waals surface area contributed by atoms with Crippen LogP contribution in [-0.4, -0.2) is 30.7 Å². The Kier molecular flexibility index (Phi) is 3.78. The van der Waals surface area contributed by atoms with E-state index in [0.29, 0.717) is 0 Å². The van der Waals surface area contributed by atoms with Crippen LogP contribution in [0.2, 0.25) is 0 Å². The van der Waals surface area contributed by atoms with Gasteiger partial charge in [-0.25, -0.2) is 5.01 Å². The zero-order chi connectivity index (χ0) is 18.4. The number of hydrazone groups is 1. The monoisotopic (exact) mass is 364 g/mol. The first-order valence-electron chi connectivity index (χ1n) is 9.61. The van der Waals surface area contributed by atoms with E-state index >= 15 is 0 Å². The molecule has 140 valence electrons. The lowest BCUT2D eigenvalue weighted by atomic mass is 9.94. The Labute approximate surface area is 159 Å². The number of nitrogens with zero attached hydrogens (tertiary/aromatic N) is 2. The van der Waals surface area contributed by atoms with Gasteiger partial charge in [-0.2, -0.15) is 5.10 Å². The van der Waals surface area contributed by atoms with Gasteiger partial charge in [-0.1, -0.05) is 18.2 Å². The minimum absolute atomic E-state index is 0.217. The molecule has 0 saturated heterocycles. The highest BCUT2D eigenvalue weighted by Crippen LogP contribution is 2.52. The zero-order valence-corrected chi connectivity index (χ0v) is 15.8. The molecule has 0 bridgehead atoms. The Balaban J connectivity index is 1.59. The second kappa shape index (κ2) is 6.19. The Hall–Kier alpha value is -2.69. The molecule has 1 aliphatic carbocycles. The molecule has 3 aliphatic rings. The molecule has 5 rings (SSSR count). The number of hydrogen-bond donors (Lipinski definition) is 0. The summed E-state index contributed by atoms with van der Waals surface area (Å²) < 4.78 is 17.5. The first-order chi connectivity index (χ1) is 13.2. The minimum atomic E-state index is -0.305. The molecule has 2 aliphatic heterocycles. The van der Waals surface area contributed by atoms with E-state index in [9.17, 15) is 0 Å². The lowest BCUT2D eigenvalue weighted by Gasteiger charge is -2.45. The maximum absolute atomic E-state index is 6.54. The van der Waals surface area contributed by atoms with Gasteiger partial charge in [0.25, 0.3) is 0 Å². The van der Waals surface area contributed by atoms with Crippen LogP contribution < -0.4 is 14.2 Å². The van der Waals surface area contributed by atoms with Gasteiger partial charge in [-0.15, -0.1) is 0 Å². The molecule has 5 heteroatoms. The number of para-hydroxylation sites is 1. The van der Waals surface area contributed by atoms with Crippen LogP contribution in [0.4, 0.5) is 0 Å². The molecule has 1 fully saturated rings. The van der Waals surface area contributed by atoms with Crippen molar-refractivity contribution in [3.63, 3.8) is 0 Å². The van der Waals surface area contributed by atoms with Gasteiger partial charge in [0.15, 0.2) is 5.72 Å². The van der Waals surface area contributed by atoms with Gasteiger partial charge in [0, 0.05) is 36.5 Å². The number of rotatable bonds is 3. The maximum Gasteiger partial charge on any atom is 0.198 e. The molecule has 0 amide bonds. The molecule has 27 heavy (non-hydrogen) atoms. The second-order valence-electron chi connectivity index (χ2n) is 7.47. The smallest absolute Gasteiger partial charge is 0.198 e. The van der Waals surface area contributed by atoms with Gasteiger partial charge >= 0.3 is 0 Å². The number of ether oxygens (including phenoxy) is 3. The van der Waals surface area contributed by atoms with E-state index in [1.54, 1.807) is 14.2 Å². The highest BCUT2D eigenvalue weighted by atomic mass is 16.5. The fraction of sp³-hybridized carbons (Fsp3) is 0.409. The molecular formula is C22H24N2O3. The van der Waals surface area contributed by atoms with E-state index in [4.69, 9.17) is 19.3 Å². The van der Waals surface area contributed by atoms with Crippen LogP contribution in [0.5, 0.6) is 17.2 Å². The Morgan fingerprint density at radius 3 is 2.67 bits per heavy atom. The highest BCUT2D eigenvalue weighted by molar-refractivity contribution is 6.04. The summed E-state index contributed by atoms with van der Waals surface area (Å²) in [5, 5.41) is 7.32. The standard InChI is InChI=1S/C22H24N2O3/c1-25-15-9-10-16(21(13-15)26-2)18-14-19-17-7-3-4-8-20(17)27-22(24(19)23-18)11-5-6-12-22/h3-4,7-10,13,19H,5-6,11-12,14H2,1-2H3. The van der Waals surface area contributed by atoms with Crippen LogP contribution in [0.25, 0.3) is 0 Å². The molecule has 0 aromatic heterocycles. The van der Waals surface area contributed by atoms with Crippen molar-refractivity contribution in [3.05, 3.63) is 53.6 Å². The van der Waals surface area contributed by atoms with Crippen LogP contribution in [0.1, 0.15) is 49.3 Å². The van der Waals surface area contributed by atoms with Gasteiger partial charge in [-0.3, -0.25) is 0 Å². The first kappa shape index (κ1) is 16.5. The molecule has 1 spiro atoms. The predicted molar refractivity (Wildman–Crippen MR) is 104 cm³/mol. The third-order valence-electron chi connectivity index (χ3n) is 6.01. The average Bonchev–Trinajstić information content (AvgIpc) is 3.36. The highest BCUT2D eigenvalue weighted by Gasteiger charge is 2.51. The van der Waals surface area contributed by atoms with Gasteiger partial charge in [0.2, 0.25) is 0 Å². The van der Waals surface area contributed by atoms with Gasteiger partial charge in [0.05, 0.1) is 26.0 Å². The van der Waals surface area contributed by atoms with Crippen LogP contribution in [-0.2, 0) is 0 Å². The molecule has 2 aromatic carbocycles. The van der Waals surface area contributed by atoms with E-state index in [2.05, 4.69) is 29.3 Å². The fourth-order valence-electron chi connectivity index (χ4n) is 4.69. The largest absolute Gasteiger partial charge is 0.497 e. The van der Waals surface area contributed by atoms with Crippen LogP contribution in [0, 0.1) is 0 Å². The molecule has 1 saturated carbocycles. The van der Waals surface area contributed by atoms with Gasteiger partial charge in [-0.05, 0) is 31.0 Å². The number of methoxy groups -OCH3 is 2. The molecule has 1 unspecified atom stereocenters. The number of hydrogen-bond acceptors (Lipinski definition) is 5. The summed E-state index contributed by atoms with van der Waals surface area (Å²) in [6.07, 6.45) is 5.26. The van der Waals surface area contributed by atoms with E-state index in [1.807, 2.05) is 18.2 Å². The Bertz CT molecular complexity index is 902. The van der Waals surface area contributed by atoms with Crippen molar-refractivity contribution in [2.75, 3.05) is 14.2 Å². The van der Waals surface area contributed by atoms with Crippen molar-refractivity contribution in [1.29, 1.82) is 0 Å². The van der Waals surface area contributed by atoms with E-state index in [-0.39, 0.29) is 11.8 Å². The van der Waals surface area contributed by atoms with Gasteiger partial charge in [0.1, 0.15) is 17.2 Å². The molecule has 5 nitrogen and oxygen atoms in total. The average molecular weight is 364 g/mol. The molecular weight excluding hydrogens is 340 g/mol. The SMILES string of the molecule is COc1ccc(C2=NN3C(C2)c2ccccc2OC32CCCC2)c(OC)c1. The quantitative estimate of drug-likeness (QED) is 0.803. The third kappa shape index (κ3) is 2.48. The third-order valence-corrected chi connectivity index (χ3v) is 6.01.